The van der Waals surface area contributed by atoms with Gasteiger partial charge in [-0.1, -0.05) is 79.4 Å². The maximum atomic E-state index is 13.9. The van der Waals surface area contributed by atoms with Gasteiger partial charge in [-0.05, 0) is 79.6 Å². The van der Waals surface area contributed by atoms with Crippen molar-refractivity contribution < 1.29 is 14.3 Å². The van der Waals surface area contributed by atoms with Gasteiger partial charge in [0.1, 0.15) is 11.8 Å². The molecule has 0 heterocycles. The number of carbonyl (C=O) groups is 2. The molecule has 1 aliphatic carbocycles. The third-order valence-corrected chi connectivity index (χ3v) is 7.81. The van der Waals surface area contributed by atoms with Crippen LogP contribution in [0.3, 0.4) is 0 Å². The molecule has 0 aliphatic heterocycles. The zero-order valence-corrected chi connectivity index (χ0v) is 24.0. The molecule has 1 atom stereocenters. The van der Waals surface area contributed by atoms with Crippen LogP contribution < -0.4 is 10.1 Å². The van der Waals surface area contributed by atoms with E-state index in [1.165, 1.54) is 6.42 Å². The first-order valence-corrected chi connectivity index (χ1v) is 14.3. The number of ether oxygens (including phenoxy) is 1. The minimum Gasteiger partial charge on any atom is -0.483 e. The minimum absolute atomic E-state index is 0.122. The Kier molecular flexibility index (Phi) is 10.0. The topological polar surface area (TPSA) is 58.6 Å². The fourth-order valence-electron chi connectivity index (χ4n) is 5.30. The van der Waals surface area contributed by atoms with Crippen LogP contribution in [0.1, 0.15) is 59.9 Å². The maximum Gasteiger partial charge on any atom is 0.261 e. The molecule has 4 rings (SSSR count). The SMILES string of the molecule is Cc1cc(C)c(C)c(OCC(=O)N(Cc2cccc(Cl)c2)C(Cc2ccccc2)C(=O)NC2CCCCC2)c1. The Morgan fingerprint density at radius 3 is 2.38 bits per heavy atom. The number of halogens is 1. The summed E-state index contributed by atoms with van der Waals surface area (Å²) in [6.45, 7) is 6.14. The molecule has 1 aliphatic rings. The van der Waals surface area contributed by atoms with Crippen LogP contribution >= 0.6 is 11.6 Å². The fraction of sp³-hybridized carbons (Fsp3) is 0.394. The molecular weight excluding hydrogens is 508 g/mol. The number of nitrogens with one attached hydrogen (secondary N) is 1. The summed E-state index contributed by atoms with van der Waals surface area (Å²) in [7, 11) is 0. The summed E-state index contributed by atoms with van der Waals surface area (Å²) in [4.78, 5) is 29.4. The van der Waals surface area contributed by atoms with Gasteiger partial charge in [0.05, 0.1) is 0 Å². The van der Waals surface area contributed by atoms with Crippen molar-refractivity contribution in [2.75, 3.05) is 6.61 Å². The van der Waals surface area contributed by atoms with E-state index >= 15 is 0 Å². The van der Waals surface area contributed by atoms with Crippen molar-refractivity contribution in [2.45, 2.75) is 77.9 Å². The first-order valence-electron chi connectivity index (χ1n) is 13.9. The summed E-state index contributed by atoms with van der Waals surface area (Å²) < 4.78 is 6.08. The van der Waals surface area contributed by atoms with E-state index in [1.54, 1.807) is 11.0 Å². The smallest absolute Gasteiger partial charge is 0.261 e. The van der Waals surface area contributed by atoms with Gasteiger partial charge in [0.25, 0.3) is 5.91 Å². The van der Waals surface area contributed by atoms with E-state index in [2.05, 4.69) is 11.4 Å². The average molecular weight is 547 g/mol. The van der Waals surface area contributed by atoms with Crippen molar-refractivity contribution in [3.05, 3.63) is 99.6 Å². The molecule has 1 fully saturated rings. The number of benzene rings is 3. The zero-order valence-electron chi connectivity index (χ0n) is 23.2. The molecule has 6 heteroatoms. The van der Waals surface area contributed by atoms with E-state index in [4.69, 9.17) is 16.3 Å². The van der Waals surface area contributed by atoms with Crippen LogP contribution in [0.5, 0.6) is 5.75 Å². The Balaban J connectivity index is 1.63. The lowest BCUT2D eigenvalue weighted by atomic mass is 9.94. The first kappa shape index (κ1) is 28.7. The van der Waals surface area contributed by atoms with Crippen molar-refractivity contribution >= 4 is 23.4 Å². The molecule has 0 radical (unpaired) electrons. The predicted octanol–water partition coefficient (Wildman–Crippen LogP) is 6.73. The summed E-state index contributed by atoms with van der Waals surface area (Å²) in [5.41, 5.74) is 5.05. The second kappa shape index (κ2) is 13.7. The second-order valence-electron chi connectivity index (χ2n) is 10.7. The third kappa shape index (κ3) is 8.09. The zero-order chi connectivity index (χ0) is 27.8. The molecule has 39 heavy (non-hydrogen) atoms. The Hall–Kier alpha value is -3.31. The van der Waals surface area contributed by atoms with Crippen LogP contribution in [0.25, 0.3) is 0 Å². The quantitative estimate of drug-likeness (QED) is 0.306. The average Bonchev–Trinajstić information content (AvgIpc) is 2.92. The van der Waals surface area contributed by atoms with E-state index < -0.39 is 6.04 Å². The number of rotatable bonds is 10. The molecule has 3 aromatic carbocycles. The molecule has 5 nitrogen and oxygen atoms in total. The maximum absolute atomic E-state index is 13.9. The molecule has 0 spiro atoms. The summed E-state index contributed by atoms with van der Waals surface area (Å²) in [6, 6.07) is 20.8. The number of hydrogen-bond donors (Lipinski definition) is 1. The van der Waals surface area contributed by atoms with E-state index in [0.29, 0.717) is 17.2 Å². The highest BCUT2D eigenvalue weighted by molar-refractivity contribution is 6.30. The Bertz CT molecular complexity index is 1270. The van der Waals surface area contributed by atoms with Crippen molar-refractivity contribution in [3.63, 3.8) is 0 Å². The van der Waals surface area contributed by atoms with Crippen molar-refractivity contribution in [1.82, 2.24) is 10.2 Å². The first-order chi connectivity index (χ1) is 18.8. The number of carbonyl (C=O) groups excluding carboxylic acids is 2. The van der Waals surface area contributed by atoms with Crippen LogP contribution in [-0.4, -0.2) is 35.4 Å². The second-order valence-corrected chi connectivity index (χ2v) is 11.1. The molecule has 2 amide bonds. The molecule has 0 aromatic heterocycles. The molecule has 206 valence electrons. The number of amides is 2. The third-order valence-electron chi connectivity index (χ3n) is 7.58. The lowest BCUT2D eigenvalue weighted by Crippen LogP contribution is -2.53. The lowest BCUT2D eigenvalue weighted by Gasteiger charge is -2.33. The molecule has 0 bridgehead atoms. The molecule has 1 saturated carbocycles. The van der Waals surface area contributed by atoms with Gasteiger partial charge < -0.3 is 15.0 Å². The number of hydrogen-bond acceptors (Lipinski definition) is 3. The van der Waals surface area contributed by atoms with E-state index in [0.717, 1.165) is 53.5 Å². The van der Waals surface area contributed by atoms with Gasteiger partial charge in [0.15, 0.2) is 6.61 Å². The highest BCUT2D eigenvalue weighted by atomic mass is 35.5. The van der Waals surface area contributed by atoms with Crippen LogP contribution in [-0.2, 0) is 22.6 Å². The lowest BCUT2D eigenvalue weighted by molar-refractivity contribution is -0.143. The van der Waals surface area contributed by atoms with Gasteiger partial charge in [0, 0.05) is 24.0 Å². The molecule has 0 saturated heterocycles. The van der Waals surface area contributed by atoms with Gasteiger partial charge in [-0.3, -0.25) is 9.59 Å². The van der Waals surface area contributed by atoms with Gasteiger partial charge in [-0.2, -0.15) is 0 Å². The highest BCUT2D eigenvalue weighted by Gasteiger charge is 2.32. The van der Waals surface area contributed by atoms with Crippen molar-refractivity contribution in [1.29, 1.82) is 0 Å². The van der Waals surface area contributed by atoms with Crippen LogP contribution in [0.4, 0.5) is 0 Å². The summed E-state index contributed by atoms with van der Waals surface area (Å²) in [5, 5.41) is 3.86. The predicted molar refractivity (Wildman–Crippen MR) is 157 cm³/mol. The van der Waals surface area contributed by atoms with Crippen molar-refractivity contribution in [2.24, 2.45) is 0 Å². The number of nitrogens with zero attached hydrogens (tertiary/aromatic N) is 1. The van der Waals surface area contributed by atoms with Crippen LogP contribution in [0.2, 0.25) is 5.02 Å². The Morgan fingerprint density at radius 1 is 0.949 bits per heavy atom. The Labute approximate surface area is 237 Å². The van der Waals surface area contributed by atoms with Gasteiger partial charge in [-0.25, -0.2) is 0 Å². The monoisotopic (exact) mass is 546 g/mol. The van der Waals surface area contributed by atoms with E-state index in [1.807, 2.05) is 75.4 Å². The molecule has 1 N–H and O–H groups in total. The standard InChI is InChI=1S/C33H39ClN2O3/c1-23-17-24(2)25(3)31(18-23)39-22-32(37)36(21-27-13-10-14-28(34)19-27)30(20-26-11-6-4-7-12-26)33(38)35-29-15-8-5-9-16-29/h4,6-7,10-14,17-19,29-30H,5,8-9,15-16,20-22H2,1-3H3,(H,35,38). The van der Waals surface area contributed by atoms with Gasteiger partial charge >= 0.3 is 0 Å². The summed E-state index contributed by atoms with van der Waals surface area (Å²) in [5.74, 6) is 0.326. The Morgan fingerprint density at radius 2 is 1.67 bits per heavy atom. The van der Waals surface area contributed by atoms with Crippen molar-refractivity contribution in [3.8, 4) is 5.75 Å². The van der Waals surface area contributed by atoms with Gasteiger partial charge in [-0.15, -0.1) is 0 Å². The largest absolute Gasteiger partial charge is 0.483 e. The van der Waals surface area contributed by atoms with Gasteiger partial charge in [0.2, 0.25) is 5.91 Å². The fourth-order valence-corrected chi connectivity index (χ4v) is 5.52. The van der Waals surface area contributed by atoms with E-state index in [9.17, 15) is 9.59 Å². The summed E-state index contributed by atoms with van der Waals surface area (Å²) in [6.07, 6.45) is 5.79. The number of aryl methyl sites for hydroxylation is 2. The molecular formula is C33H39ClN2O3. The highest BCUT2D eigenvalue weighted by Crippen LogP contribution is 2.24. The molecule has 1 unspecified atom stereocenters. The minimum atomic E-state index is -0.690. The summed E-state index contributed by atoms with van der Waals surface area (Å²) >= 11 is 6.29. The van der Waals surface area contributed by atoms with Crippen LogP contribution in [0.15, 0.2) is 66.7 Å². The van der Waals surface area contributed by atoms with Crippen LogP contribution in [0, 0.1) is 20.8 Å². The molecule has 3 aromatic rings. The van der Waals surface area contributed by atoms with E-state index in [-0.39, 0.29) is 31.0 Å². The normalized spacial score (nSPS) is 14.5.